The van der Waals surface area contributed by atoms with E-state index in [-0.39, 0.29) is 0 Å². The van der Waals surface area contributed by atoms with Gasteiger partial charge in [0.2, 0.25) is 0 Å². The van der Waals surface area contributed by atoms with Crippen molar-refractivity contribution < 1.29 is 9.90 Å². The quantitative estimate of drug-likeness (QED) is 0.784. The molecule has 3 aromatic rings. The molecule has 0 atom stereocenters. The second-order valence-electron chi connectivity index (χ2n) is 4.61. The summed E-state index contributed by atoms with van der Waals surface area (Å²) >= 11 is 3.54. The van der Waals surface area contributed by atoms with Gasteiger partial charge < -0.3 is 9.67 Å². The normalized spacial score (nSPS) is 10.8. The molecule has 2 aromatic carbocycles. The molecule has 3 nitrogen and oxygen atoms in total. The van der Waals surface area contributed by atoms with E-state index in [1.807, 2.05) is 36.5 Å². The van der Waals surface area contributed by atoms with Crippen LogP contribution in [-0.2, 0) is 6.54 Å². The number of rotatable bonds is 3. The first-order valence-corrected chi connectivity index (χ1v) is 7.00. The van der Waals surface area contributed by atoms with Crippen LogP contribution in [0.5, 0.6) is 0 Å². The van der Waals surface area contributed by atoms with Gasteiger partial charge in [-0.15, -0.1) is 0 Å². The first-order chi connectivity index (χ1) is 9.65. The predicted molar refractivity (Wildman–Crippen MR) is 82.1 cm³/mol. The first-order valence-electron chi connectivity index (χ1n) is 6.21. The predicted octanol–water partition coefficient (Wildman–Crippen LogP) is 4.15. The fraction of sp³-hybridized carbons (Fsp3) is 0.0625. The van der Waals surface area contributed by atoms with Gasteiger partial charge in [-0.1, -0.05) is 40.2 Å². The summed E-state index contributed by atoms with van der Waals surface area (Å²) in [4.78, 5) is 11.1. The molecule has 0 aliphatic rings. The summed E-state index contributed by atoms with van der Waals surface area (Å²) in [5, 5.41) is 10.1. The van der Waals surface area contributed by atoms with Gasteiger partial charge in [-0.3, -0.25) is 0 Å². The van der Waals surface area contributed by atoms with Gasteiger partial charge in [0, 0.05) is 22.7 Å². The highest BCUT2D eigenvalue weighted by Gasteiger charge is 2.08. The van der Waals surface area contributed by atoms with Crippen LogP contribution in [0.2, 0.25) is 0 Å². The van der Waals surface area contributed by atoms with Crippen LogP contribution >= 0.6 is 15.9 Å². The second-order valence-corrected chi connectivity index (χ2v) is 5.47. The van der Waals surface area contributed by atoms with Crippen molar-refractivity contribution in [2.24, 2.45) is 0 Å². The summed E-state index contributed by atoms with van der Waals surface area (Å²) in [5.41, 5.74) is 2.40. The Bertz CT molecular complexity index is 792. The molecule has 0 aliphatic heterocycles. The molecule has 1 N–H and O–H groups in total. The van der Waals surface area contributed by atoms with Crippen LogP contribution in [0.15, 0.2) is 59.2 Å². The van der Waals surface area contributed by atoms with E-state index in [0.29, 0.717) is 12.1 Å². The van der Waals surface area contributed by atoms with Crippen LogP contribution in [0.3, 0.4) is 0 Å². The molecule has 0 amide bonds. The zero-order chi connectivity index (χ0) is 14.1. The van der Waals surface area contributed by atoms with Gasteiger partial charge in [0.15, 0.2) is 0 Å². The van der Waals surface area contributed by atoms with Gasteiger partial charge in [-0.25, -0.2) is 4.79 Å². The fourth-order valence-corrected chi connectivity index (χ4v) is 2.68. The molecule has 0 radical (unpaired) electrons. The molecule has 3 rings (SSSR count). The minimum atomic E-state index is -0.902. The van der Waals surface area contributed by atoms with E-state index in [1.54, 1.807) is 12.1 Å². The van der Waals surface area contributed by atoms with Crippen LogP contribution in [0.4, 0.5) is 0 Å². The van der Waals surface area contributed by atoms with Gasteiger partial charge in [-0.05, 0) is 35.2 Å². The average Bonchev–Trinajstić information content (AvgIpc) is 2.84. The lowest BCUT2D eigenvalue weighted by Crippen LogP contribution is -2.00. The highest BCUT2D eigenvalue weighted by molar-refractivity contribution is 9.10. The Kier molecular flexibility index (Phi) is 3.32. The van der Waals surface area contributed by atoms with E-state index in [4.69, 9.17) is 5.11 Å². The van der Waals surface area contributed by atoms with E-state index < -0.39 is 5.97 Å². The molecule has 1 aromatic heterocycles. The number of hydrogen-bond donors (Lipinski definition) is 1. The third kappa shape index (κ3) is 2.34. The largest absolute Gasteiger partial charge is 0.478 e. The zero-order valence-corrected chi connectivity index (χ0v) is 12.2. The van der Waals surface area contributed by atoms with Crippen molar-refractivity contribution in [3.63, 3.8) is 0 Å². The number of benzene rings is 2. The third-order valence-electron chi connectivity index (χ3n) is 3.32. The number of aromatic carboxylic acids is 1. The molecule has 0 saturated carbocycles. The average molecular weight is 330 g/mol. The summed E-state index contributed by atoms with van der Waals surface area (Å²) < 4.78 is 3.11. The molecule has 0 spiro atoms. The number of fused-ring (bicyclic) bond motifs is 1. The van der Waals surface area contributed by atoms with Crippen LogP contribution in [0.25, 0.3) is 10.9 Å². The SMILES string of the molecule is O=C(O)c1ccc2ccn(Cc3ccccc3Br)c2c1. The minimum Gasteiger partial charge on any atom is -0.478 e. The highest BCUT2D eigenvalue weighted by Crippen LogP contribution is 2.22. The third-order valence-corrected chi connectivity index (χ3v) is 4.09. The van der Waals surface area contributed by atoms with Crippen LogP contribution < -0.4 is 0 Å². The molecular formula is C16H12BrNO2. The van der Waals surface area contributed by atoms with E-state index in [9.17, 15) is 4.79 Å². The van der Waals surface area contributed by atoms with Crippen molar-refractivity contribution in [1.82, 2.24) is 4.57 Å². The Morgan fingerprint density at radius 1 is 1.15 bits per heavy atom. The maximum Gasteiger partial charge on any atom is 0.335 e. The zero-order valence-electron chi connectivity index (χ0n) is 10.6. The minimum absolute atomic E-state index is 0.310. The van der Waals surface area contributed by atoms with Gasteiger partial charge in [0.05, 0.1) is 5.56 Å². The standard InChI is InChI=1S/C16H12BrNO2/c17-14-4-2-1-3-13(14)10-18-8-7-11-5-6-12(16(19)20)9-15(11)18/h1-9H,10H2,(H,19,20). The van der Waals surface area contributed by atoms with E-state index in [2.05, 4.69) is 26.6 Å². The second kappa shape index (κ2) is 5.13. The van der Waals surface area contributed by atoms with Crippen LogP contribution in [0, 0.1) is 0 Å². The fourth-order valence-electron chi connectivity index (χ4n) is 2.26. The number of carbonyl (C=O) groups is 1. The van der Waals surface area contributed by atoms with Crippen LogP contribution in [-0.4, -0.2) is 15.6 Å². The summed E-state index contributed by atoms with van der Waals surface area (Å²) in [5.74, 6) is -0.902. The van der Waals surface area contributed by atoms with Gasteiger partial charge in [0.1, 0.15) is 0 Å². The maximum atomic E-state index is 11.1. The van der Waals surface area contributed by atoms with Crippen molar-refractivity contribution in [1.29, 1.82) is 0 Å². The van der Waals surface area contributed by atoms with Gasteiger partial charge in [-0.2, -0.15) is 0 Å². The number of aromatic nitrogens is 1. The summed E-state index contributed by atoms with van der Waals surface area (Å²) in [6, 6.07) is 15.2. The van der Waals surface area contributed by atoms with Gasteiger partial charge >= 0.3 is 5.97 Å². The summed E-state index contributed by atoms with van der Waals surface area (Å²) in [7, 11) is 0. The lowest BCUT2D eigenvalue weighted by molar-refractivity contribution is 0.0697. The highest BCUT2D eigenvalue weighted by atomic mass is 79.9. The lowest BCUT2D eigenvalue weighted by atomic mass is 10.1. The number of nitrogens with zero attached hydrogens (tertiary/aromatic N) is 1. The Morgan fingerprint density at radius 2 is 1.95 bits per heavy atom. The number of hydrogen-bond acceptors (Lipinski definition) is 1. The number of carboxylic acid groups (broad SMARTS) is 1. The molecule has 4 heteroatoms. The van der Waals surface area contributed by atoms with Crippen molar-refractivity contribution in [3.8, 4) is 0 Å². The van der Waals surface area contributed by atoms with Crippen molar-refractivity contribution >= 4 is 32.8 Å². The Hall–Kier alpha value is -2.07. The molecule has 0 saturated heterocycles. The first kappa shape index (κ1) is 12.9. The smallest absolute Gasteiger partial charge is 0.335 e. The molecule has 0 fully saturated rings. The number of carboxylic acids is 1. The van der Waals surface area contributed by atoms with Crippen molar-refractivity contribution in [2.75, 3.05) is 0 Å². The summed E-state index contributed by atoms with van der Waals surface area (Å²) in [6.45, 7) is 0.702. The monoisotopic (exact) mass is 329 g/mol. The Morgan fingerprint density at radius 3 is 2.70 bits per heavy atom. The lowest BCUT2D eigenvalue weighted by Gasteiger charge is -2.08. The Labute approximate surface area is 124 Å². The van der Waals surface area contributed by atoms with E-state index in [1.165, 1.54) is 0 Å². The molecular weight excluding hydrogens is 318 g/mol. The maximum absolute atomic E-state index is 11.1. The molecule has 0 aliphatic carbocycles. The van der Waals surface area contributed by atoms with Crippen LogP contribution in [0.1, 0.15) is 15.9 Å². The summed E-state index contributed by atoms with van der Waals surface area (Å²) in [6.07, 6.45) is 1.98. The van der Waals surface area contributed by atoms with E-state index >= 15 is 0 Å². The molecule has 100 valence electrons. The molecule has 20 heavy (non-hydrogen) atoms. The Balaban J connectivity index is 2.06. The molecule has 1 heterocycles. The number of halogens is 1. The molecule has 0 unspecified atom stereocenters. The van der Waals surface area contributed by atoms with Crippen molar-refractivity contribution in [3.05, 3.63) is 70.3 Å². The topological polar surface area (TPSA) is 42.2 Å². The molecule has 0 bridgehead atoms. The van der Waals surface area contributed by atoms with Gasteiger partial charge in [0.25, 0.3) is 0 Å². The van der Waals surface area contributed by atoms with Crippen molar-refractivity contribution in [2.45, 2.75) is 6.54 Å². The van der Waals surface area contributed by atoms with E-state index in [0.717, 1.165) is 20.9 Å².